The van der Waals surface area contributed by atoms with Crippen LogP contribution in [0.1, 0.15) is 29.1 Å². The van der Waals surface area contributed by atoms with E-state index in [9.17, 15) is 14.4 Å². The van der Waals surface area contributed by atoms with Crippen LogP contribution >= 0.6 is 11.3 Å². The number of hydrogen-bond donors (Lipinski definition) is 2. The van der Waals surface area contributed by atoms with Gasteiger partial charge in [-0.05, 0) is 19.4 Å². The van der Waals surface area contributed by atoms with Crippen molar-refractivity contribution in [3.63, 3.8) is 0 Å². The molecular formula is C15H19N3O4S. The second kappa shape index (κ2) is 6.91. The monoisotopic (exact) mass is 337 g/mol. The van der Waals surface area contributed by atoms with Crippen LogP contribution in [0.2, 0.25) is 0 Å². The molecule has 0 aliphatic heterocycles. The lowest BCUT2D eigenvalue weighted by Gasteiger charge is -2.15. The Morgan fingerprint density at radius 1 is 1.30 bits per heavy atom. The Labute approximate surface area is 137 Å². The Bertz CT molecular complexity index is 809. The molecule has 0 aliphatic carbocycles. The van der Waals surface area contributed by atoms with Crippen LogP contribution in [0, 0.1) is 13.8 Å². The summed E-state index contributed by atoms with van der Waals surface area (Å²) in [5, 5.41) is 9.23. The van der Waals surface area contributed by atoms with Crippen LogP contribution in [0.5, 0.6) is 0 Å². The van der Waals surface area contributed by atoms with Crippen molar-refractivity contribution in [2.24, 2.45) is 0 Å². The third-order valence-corrected chi connectivity index (χ3v) is 4.85. The molecule has 0 spiro atoms. The van der Waals surface area contributed by atoms with Crippen LogP contribution in [0.3, 0.4) is 0 Å². The van der Waals surface area contributed by atoms with Crippen molar-refractivity contribution in [1.82, 2.24) is 14.9 Å². The highest BCUT2D eigenvalue weighted by Gasteiger charge is 2.14. The predicted octanol–water partition coefficient (Wildman–Crippen LogP) is 1.47. The van der Waals surface area contributed by atoms with Crippen molar-refractivity contribution >= 4 is 33.4 Å². The highest BCUT2D eigenvalue weighted by atomic mass is 32.1. The lowest BCUT2D eigenvalue weighted by molar-refractivity contribution is -0.138. The number of carbonyl (C=O) groups excluding carboxylic acids is 1. The minimum Gasteiger partial charge on any atom is -0.481 e. The number of aryl methyl sites for hydroxylation is 3. The average molecular weight is 337 g/mol. The number of aliphatic carboxylic acids is 1. The summed E-state index contributed by atoms with van der Waals surface area (Å²) in [5.74, 6) is -0.638. The molecule has 2 aromatic rings. The molecule has 0 aliphatic rings. The molecule has 7 nitrogen and oxygen atoms in total. The molecule has 2 rings (SSSR count). The van der Waals surface area contributed by atoms with Gasteiger partial charge in [-0.15, -0.1) is 11.3 Å². The van der Waals surface area contributed by atoms with E-state index >= 15 is 0 Å². The Kier molecular flexibility index (Phi) is 5.15. The van der Waals surface area contributed by atoms with Crippen molar-refractivity contribution in [2.75, 3.05) is 13.6 Å². The Morgan fingerprint density at radius 3 is 2.65 bits per heavy atom. The fraction of sp³-hybridized carbons (Fsp3) is 0.467. The van der Waals surface area contributed by atoms with Crippen LogP contribution in [0.25, 0.3) is 10.2 Å². The Morgan fingerprint density at radius 2 is 2.00 bits per heavy atom. The number of nitrogens with zero attached hydrogens (tertiary/aromatic N) is 2. The van der Waals surface area contributed by atoms with Crippen molar-refractivity contribution in [1.29, 1.82) is 0 Å². The Hall–Kier alpha value is -2.22. The summed E-state index contributed by atoms with van der Waals surface area (Å²) < 4.78 is 0. The highest BCUT2D eigenvalue weighted by molar-refractivity contribution is 7.18. The number of rotatable bonds is 6. The molecule has 124 valence electrons. The number of H-pyrrole nitrogens is 1. The van der Waals surface area contributed by atoms with E-state index in [1.54, 1.807) is 7.05 Å². The maximum atomic E-state index is 12.1. The van der Waals surface area contributed by atoms with Crippen molar-refractivity contribution in [2.45, 2.75) is 33.1 Å². The van der Waals surface area contributed by atoms with Gasteiger partial charge in [0.25, 0.3) is 5.56 Å². The van der Waals surface area contributed by atoms with Gasteiger partial charge in [0.2, 0.25) is 5.91 Å². The molecule has 0 radical (unpaired) electrons. The van der Waals surface area contributed by atoms with Gasteiger partial charge in [-0.2, -0.15) is 0 Å². The maximum Gasteiger partial charge on any atom is 0.305 e. The molecule has 1 amide bonds. The first-order chi connectivity index (χ1) is 10.8. The molecule has 2 aromatic heterocycles. The third-order valence-electron chi connectivity index (χ3n) is 3.75. The first-order valence-electron chi connectivity index (χ1n) is 7.24. The zero-order chi connectivity index (χ0) is 17.1. The van der Waals surface area contributed by atoms with E-state index in [1.165, 1.54) is 16.2 Å². The predicted molar refractivity (Wildman–Crippen MR) is 87.9 cm³/mol. The quantitative estimate of drug-likeness (QED) is 0.831. The molecule has 0 bridgehead atoms. The lowest BCUT2D eigenvalue weighted by Crippen LogP contribution is -2.29. The van der Waals surface area contributed by atoms with Gasteiger partial charge in [0, 0.05) is 31.3 Å². The molecule has 2 heterocycles. The Balaban J connectivity index is 2.06. The molecule has 8 heteroatoms. The maximum absolute atomic E-state index is 12.1. The number of carboxylic acids is 1. The van der Waals surface area contributed by atoms with Crippen molar-refractivity contribution in [3.05, 3.63) is 26.6 Å². The molecule has 0 saturated carbocycles. The minimum absolute atomic E-state index is 0.0863. The molecule has 0 unspecified atom stereocenters. The molecule has 2 N–H and O–H groups in total. The van der Waals surface area contributed by atoms with Gasteiger partial charge in [-0.1, -0.05) is 0 Å². The lowest BCUT2D eigenvalue weighted by atomic mass is 10.2. The summed E-state index contributed by atoms with van der Waals surface area (Å²) in [6.07, 6.45) is 0.405. The molecular weight excluding hydrogens is 318 g/mol. The number of fused-ring (bicyclic) bond motifs is 1. The fourth-order valence-corrected chi connectivity index (χ4v) is 3.27. The molecule has 23 heavy (non-hydrogen) atoms. The largest absolute Gasteiger partial charge is 0.481 e. The first kappa shape index (κ1) is 17.1. The number of carboxylic acid groups (broad SMARTS) is 1. The van der Waals surface area contributed by atoms with E-state index in [-0.39, 0.29) is 30.9 Å². The third kappa shape index (κ3) is 3.95. The summed E-state index contributed by atoms with van der Waals surface area (Å²) in [7, 11) is 1.57. The summed E-state index contributed by atoms with van der Waals surface area (Å²) in [5.41, 5.74) is 0.758. The summed E-state index contributed by atoms with van der Waals surface area (Å²) >= 11 is 1.47. The van der Waals surface area contributed by atoms with Gasteiger partial charge in [0.05, 0.1) is 11.8 Å². The molecule has 0 fully saturated rings. The minimum atomic E-state index is -0.940. The van der Waals surface area contributed by atoms with Crippen LogP contribution in [-0.4, -0.2) is 45.4 Å². The molecule has 0 atom stereocenters. The number of carbonyl (C=O) groups is 2. The van der Waals surface area contributed by atoms with E-state index in [1.807, 2.05) is 13.8 Å². The normalized spacial score (nSPS) is 10.9. The first-order valence-corrected chi connectivity index (χ1v) is 8.06. The van der Waals surface area contributed by atoms with Crippen LogP contribution < -0.4 is 5.56 Å². The standard InChI is InChI=1S/C15H19N3O4S/c1-8-9(2)23-15-13(8)14(22)16-10(17-15)4-5-11(19)18(3)7-6-12(20)21/h4-7H2,1-3H3,(H,20,21)(H,16,17,22). The summed E-state index contributed by atoms with van der Waals surface area (Å²) in [6, 6.07) is 0. The fourth-order valence-electron chi connectivity index (χ4n) is 2.22. The second-order valence-electron chi connectivity index (χ2n) is 5.44. The number of hydrogen-bond acceptors (Lipinski definition) is 5. The number of aromatic nitrogens is 2. The zero-order valence-electron chi connectivity index (χ0n) is 13.3. The number of amides is 1. The zero-order valence-corrected chi connectivity index (χ0v) is 14.1. The van der Waals surface area contributed by atoms with Gasteiger partial charge in [-0.3, -0.25) is 14.4 Å². The van der Waals surface area contributed by atoms with Gasteiger partial charge < -0.3 is 15.0 Å². The van der Waals surface area contributed by atoms with Gasteiger partial charge in [-0.25, -0.2) is 4.98 Å². The summed E-state index contributed by atoms with van der Waals surface area (Å²) in [4.78, 5) is 44.9. The average Bonchev–Trinajstić information content (AvgIpc) is 2.77. The second-order valence-corrected chi connectivity index (χ2v) is 6.64. The van der Waals surface area contributed by atoms with Crippen molar-refractivity contribution < 1.29 is 14.7 Å². The van der Waals surface area contributed by atoms with Crippen LogP contribution in [-0.2, 0) is 16.0 Å². The highest BCUT2D eigenvalue weighted by Crippen LogP contribution is 2.25. The summed E-state index contributed by atoms with van der Waals surface area (Å²) in [6.45, 7) is 4.01. The van der Waals surface area contributed by atoms with Crippen LogP contribution in [0.4, 0.5) is 0 Å². The van der Waals surface area contributed by atoms with Crippen LogP contribution in [0.15, 0.2) is 4.79 Å². The van der Waals surface area contributed by atoms with Gasteiger partial charge >= 0.3 is 5.97 Å². The number of thiophene rings is 1. The van der Waals surface area contributed by atoms with E-state index in [2.05, 4.69) is 9.97 Å². The smallest absolute Gasteiger partial charge is 0.305 e. The van der Waals surface area contributed by atoms with E-state index < -0.39 is 5.97 Å². The van der Waals surface area contributed by atoms with E-state index in [0.717, 1.165) is 10.4 Å². The van der Waals surface area contributed by atoms with Gasteiger partial charge in [0.1, 0.15) is 10.7 Å². The molecule has 0 saturated heterocycles. The number of nitrogens with one attached hydrogen (secondary N) is 1. The number of aromatic amines is 1. The topological polar surface area (TPSA) is 103 Å². The van der Waals surface area contributed by atoms with E-state index in [0.29, 0.717) is 22.5 Å². The SMILES string of the molecule is Cc1sc2nc(CCC(=O)N(C)CCC(=O)O)[nH]c(=O)c2c1C. The van der Waals surface area contributed by atoms with E-state index in [4.69, 9.17) is 5.11 Å². The molecule has 0 aromatic carbocycles. The van der Waals surface area contributed by atoms with Gasteiger partial charge in [0.15, 0.2) is 0 Å². The van der Waals surface area contributed by atoms with Crippen molar-refractivity contribution in [3.8, 4) is 0 Å².